The summed E-state index contributed by atoms with van der Waals surface area (Å²) in [5, 5.41) is 13.1. The summed E-state index contributed by atoms with van der Waals surface area (Å²) in [6, 6.07) is 9.28. The molecule has 1 aromatic carbocycles. The topological polar surface area (TPSA) is 33.1 Å². The van der Waals surface area contributed by atoms with Crippen molar-refractivity contribution in [2.75, 3.05) is 0 Å². The van der Waals surface area contributed by atoms with Gasteiger partial charge in [-0.2, -0.15) is 0 Å². The Balaban J connectivity index is 2.13. The van der Waals surface area contributed by atoms with Crippen LogP contribution in [0.1, 0.15) is 17.2 Å². The van der Waals surface area contributed by atoms with Crippen molar-refractivity contribution in [1.29, 1.82) is 0 Å². The van der Waals surface area contributed by atoms with Gasteiger partial charge in [0.05, 0.1) is 6.20 Å². The Kier molecular flexibility index (Phi) is 2.81. The van der Waals surface area contributed by atoms with Gasteiger partial charge in [0.15, 0.2) is 0 Å². The van der Waals surface area contributed by atoms with Crippen LogP contribution in [0.3, 0.4) is 0 Å². The van der Waals surface area contributed by atoms with Gasteiger partial charge in [-0.15, -0.1) is 11.3 Å². The summed E-state index contributed by atoms with van der Waals surface area (Å²) < 4.78 is 14.7. The number of halogens is 1. The second kappa shape index (κ2) is 4.48. The van der Waals surface area contributed by atoms with Crippen molar-refractivity contribution in [1.82, 2.24) is 4.98 Å². The van der Waals surface area contributed by atoms with E-state index in [1.165, 1.54) is 12.3 Å². The molecule has 0 radical (unpaired) electrons. The Hall–Kier alpha value is -1.78. The molecule has 0 saturated heterocycles. The zero-order chi connectivity index (χ0) is 12.5. The number of aliphatic hydroxyl groups is 1. The molecule has 3 aromatic rings. The molecule has 2 aromatic heterocycles. The molecule has 0 fully saturated rings. The van der Waals surface area contributed by atoms with Crippen LogP contribution in [-0.4, -0.2) is 10.1 Å². The van der Waals surface area contributed by atoms with Gasteiger partial charge in [-0.25, -0.2) is 4.39 Å². The molecule has 2 nitrogen and oxygen atoms in total. The average Bonchev–Trinajstić information content (AvgIpc) is 2.82. The fourth-order valence-corrected chi connectivity index (χ4v) is 2.97. The summed E-state index contributed by atoms with van der Waals surface area (Å²) in [7, 11) is 0. The van der Waals surface area contributed by atoms with Crippen molar-refractivity contribution in [2.24, 2.45) is 0 Å². The minimum atomic E-state index is -0.954. The largest absolute Gasteiger partial charge is 0.383 e. The molecule has 0 bridgehead atoms. The van der Waals surface area contributed by atoms with Gasteiger partial charge in [-0.3, -0.25) is 4.98 Å². The first-order valence-corrected chi connectivity index (χ1v) is 6.39. The summed E-state index contributed by atoms with van der Waals surface area (Å²) in [5.74, 6) is -0.486. The molecule has 0 aliphatic carbocycles. The van der Waals surface area contributed by atoms with Crippen LogP contribution in [0, 0.1) is 5.82 Å². The summed E-state index contributed by atoms with van der Waals surface area (Å²) in [5.41, 5.74) is 0.995. The molecular weight excluding hydrogens is 249 g/mol. The van der Waals surface area contributed by atoms with E-state index in [9.17, 15) is 9.50 Å². The van der Waals surface area contributed by atoms with E-state index >= 15 is 0 Å². The van der Waals surface area contributed by atoms with E-state index in [0.29, 0.717) is 0 Å². The Morgan fingerprint density at radius 3 is 2.83 bits per heavy atom. The fraction of sp³-hybridized carbons (Fsp3) is 0.0714. The van der Waals surface area contributed by atoms with Crippen LogP contribution in [0.25, 0.3) is 10.1 Å². The van der Waals surface area contributed by atoms with Crippen molar-refractivity contribution in [3.63, 3.8) is 0 Å². The molecule has 0 spiro atoms. The molecule has 90 valence electrons. The van der Waals surface area contributed by atoms with Crippen molar-refractivity contribution in [2.45, 2.75) is 6.10 Å². The highest BCUT2D eigenvalue weighted by atomic mass is 32.1. The maximum Gasteiger partial charge on any atom is 0.147 e. The van der Waals surface area contributed by atoms with Crippen molar-refractivity contribution >= 4 is 21.4 Å². The van der Waals surface area contributed by atoms with Gasteiger partial charge in [-0.05, 0) is 22.9 Å². The summed E-state index contributed by atoms with van der Waals surface area (Å²) in [6.45, 7) is 0. The molecule has 0 aliphatic rings. The SMILES string of the molecule is OC(c1ccncc1F)c1csc2ccccc12. The zero-order valence-electron chi connectivity index (χ0n) is 9.38. The number of aliphatic hydroxyl groups excluding tert-OH is 1. The van der Waals surface area contributed by atoms with E-state index in [0.717, 1.165) is 21.8 Å². The quantitative estimate of drug-likeness (QED) is 0.764. The molecule has 0 amide bonds. The molecule has 1 unspecified atom stereocenters. The lowest BCUT2D eigenvalue weighted by Gasteiger charge is -2.10. The minimum Gasteiger partial charge on any atom is -0.383 e. The third-order valence-corrected chi connectivity index (χ3v) is 3.89. The lowest BCUT2D eigenvalue weighted by molar-refractivity contribution is 0.216. The van der Waals surface area contributed by atoms with Gasteiger partial charge in [0, 0.05) is 22.0 Å². The zero-order valence-corrected chi connectivity index (χ0v) is 10.2. The summed E-state index contributed by atoms with van der Waals surface area (Å²) in [4.78, 5) is 3.69. The lowest BCUT2D eigenvalue weighted by atomic mass is 10.0. The molecule has 2 heterocycles. The van der Waals surface area contributed by atoms with Crippen LogP contribution in [0.5, 0.6) is 0 Å². The predicted molar refractivity (Wildman–Crippen MR) is 70.1 cm³/mol. The van der Waals surface area contributed by atoms with Crippen LogP contribution >= 0.6 is 11.3 Å². The highest BCUT2D eigenvalue weighted by Gasteiger charge is 2.18. The Labute approximate surface area is 107 Å². The number of rotatable bonds is 2. The second-order valence-electron chi connectivity index (χ2n) is 3.99. The van der Waals surface area contributed by atoms with Crippen LogP contribution in [0.2, 0.25) is 0 Å². The maximum atomic E-state index is 13.6. The minimum absolute atomic E-state index is 0.258. The van der Waals surface area contributed by atoms with Gasteiger partial charge in [0.25, 0.3) is 0 Å². The maximum absolute atomic E-state index is 13.6. The molecule has 0 aliphatic heterocycles. The second-order valence-corrected chi connectivity index (χ2v) is 4.90. The first-order valence-electron chi connectivity index (χ1n) is 5.51. The van der Waals surface area contributed by atoms with Crippen molar-refractivity contribution < 1.29 is 9.50 Å². The molecular formula is C14H10FNOS. The van der Waals surface area contributed by atoms with Crippen LogP contribution in [0.15, 0.2) is 48.1 Å². The third kappa shape index (κ3) is 1.79. The van der Waals surface area contributed by atoms with Gasteiger partial charge in [-0.1, -0.05) is 18.2 Å². The number of hydrogen-bond acceptors (Lipinski definition) is 3. The molecule has 0 saturated carbocycles. The number of hydrogen-bond donors (Lipinski definition) is 1. The van der Waals surface area contributed by atoms with Gasteiger partial charge < -0.3 is 5.11 Å². The summed E-state index contributed by atoms with van der Waals surface area (Å²) in [6.07, 6.45) is 1.65. The first kappa shape index (κ1) is 11.3. The molecule has 4 heteroatoms. The van der Waals surface area contributed by atoms with Crippen LogP contribution in [-0.2, 0) is 0 Å². The lowest BCUT2D eigenvalue weighted by Crippen LogP contribution is -2.02. The van der Waals surface area contributed by atoms with E-state index in [4.69, 9.17) is 0 Å². The first-order chi connectivity index (χ1) is 8.77. The molecule has 1 N–H and O–H groups in total. The van der Waals surface area contributed by atoms with Gasteiger partial charge >= 0.3 is 0 Å². The third-order valence-electron chi connectivity index (χ3n) is 2.90. The van der Waals surface area contributed by atoms with E-state index in [2.05, 4.69) is 4.98 Å². The predicted octanol–water partition coefficient (Wildman–Crippen LogP) is 3.52. The molecule has 3 rings (SSSR count). The Bertz CT molecular complexity index is 695. The standard InChI is InChI=1S/C14H10FNOS/c15-12-7-16-6-5-10(12)14(17)11-8-18-13-4-2-1-3-9(11)13/h1-8,14,17H. The number of benzene rings is 1. The smallest absolute Gasteiger partial charge is 0.147 e. The summed E-state index contributed by atoms with van der Waals surface area (Å²) >= 11 is 1.54. The Morgan fingerprint density at radius 1 is 1.17 bits per heavy atom. The highest BCUT2D eigenvalue weighted by molar-refractivity contribution is 7.17. The monoisotopic (exact) mass is 259 g/mol. The number of fused-ring (bicyclic) bond motifs is 1. The van der Waals surface area contributed by atoms with E-state index in [-0.39, 0.29) is 5.56 Å². The molecule has 1 atom stereocenters. The average molecular weight is 259 g/mol. The number of aromatic nitrogens is 1. The normalized spacial score (nSPS) is 12.8. The number of nitrogens with zero attached hydrogens (tertiary/aromatic N) is 1. The van der Waals surface area contributed by atoms with Crippen molar-refractivity contribution in [3.8, 4) is 0 Å². The van der Waals surface area contributed by atoms with E-state index in [1.807, 2.05) is 29.6 Å². The number of thiophene rings is 1. The van der Waals surface area contributed by atoms with Crippen molar-refractivity contribution in [3.05, 3.63) is 65.0 Å². The van der Waals surface area contributed by atoms with E-state index in [1.54, 1.807) is 11.3 Å². The Morgan fingerprint density at radius 2 is 2.00 bits per heavy atom. The molecule has 18 heavy (non-hydrogen) atoms. The van der Waals surface area contributed by atoms with Gasteiger partial charge in [0.2, 0.25) is 0 Å². The van der Waals surface area contributed by atoms with Gasteiger partial charge in [0.1, 0.15) is 11.9 Å². The number of pyridine rings is 1. The highest BCUT2D eigenvalue weighted by Crippen LogP contribution is 2.33. The van der Waals surface area contributed by atoms with E-state index < -0.39 is 11.9 Å². The van der Waals surface area contributed by atoms with Crippen LogP contribution in [0.4, 0.5) is 4.39 Å². The fourth-order valence-electron chi connectivity index (χ4n) is 1.99. The van der Waals surface area contributed by atoms with Crippen LogP contribution < -0.4 is 0 Å².